The molecule has 4 heteroatoms. The average molecular weight is 272 g/mol. The van der Waals surface area contributed by atoms with Crippen LogP contribution in [0.15, 0.2) is 0 Å². The first-order valence-corrected chi connectivity index (χ1v) is 7.64. The van der Waals surface area contributed by atoms with Gasteiger partial charge in [-0.15, -0.1) is 0 Å². The number of aliphatic hydroxyl groups excluding tert-OH is 1. The van der Waals surface area contributed by atoms with Gasteiger partial charge in [0.15, 0.2) is 0 Å². The number of nitrogens with one attached hydrogen (secondary N) is 1. The Morgan fingerprint density at radius 2 is 2.16 bits per heavy atom. The highest BCUT2D eigenvalue weighted by atomic mass is 16.5. The molecule has 0 amide bonds. The molecule has 0 aromatic heterocycles. The van der Waals surface area contributed by atoms with Gasteiger partial charge in [0, 0.05) is 24.7 Å². The van der Waals surface area contributed by atoms with Gasteiger partial charge in [0.1, 0.15) is 0 Å². The van der Waals surface area contributed by atoms with Crippen molar-refractivity contribution in [3.63, 3.8) is 0 Å². The zero-order chi connectivity index (χ0) is 14.3. The Bertz CT molecular complexity index is 242. The van der Waals surface area contributed by atoms with E-state index < -0.39 is 0 Å². The highest BCUT2D eigenvalue weighted by Crippen LogP contribution is 2.15. The van der Waals surface area contributed by atoms with Crippen molar-refractivity contribution in [1.82, 2.24) is 10.2 Å². The summed E-state index contributed by atoms with van der Waals surface area (Å²) in [7, 11) is 2.14. The number of rotatable bonds is 8. The molecule has 114 valence electrons. The fourth-order valence-electron chi connectivity index (χ4n) is 2.72. The first kappa shape index (κ1) is 16.9. The molecule has 1 fully saturated rings. The summed E-state index contributed by atoms with van der Waals surface area (Å²) in [5.74, 6) is 0. The van der Waals surface area contributed by atoms with Gasteiger partial charge < -0.3 is 20.1 Å². The van der Waals surface area contributed by atoms with Crippen LogP contribution in [-0.2, 0) is 4.74 Å². The van der Waals surface area contributed by atoms with Crippen molar-refractivity contribution in [3.05, 3.63) is 0 Å². The summed E-state index contributed by atoms with van der Waals surface area (Å²) in [5.41, 5.74) is -0.185. The predicted molar refractivity (Wildman–Crippen MR) is 79.5 cm³/mol. The standard InChI is InChI=1S/C15H32N2O2/c1-13(2)16-15(3,12-18)8-9-17(4)11-14-7-5-6-10-19-14/h13-14,16,18H,5-12H2,1-4H3. The molecule has 0 aromatic rings. The molecule has 0 spiro atoms. The lowest BCUT2D eigenvalue weighted by atomic mass is 9.97. The van der Waals surface area contributed by atoms with Crippen LogP contribution in [0, 0.1) is 0 Å². The molecule has 4 nitrogen and oxygen atoms in total. The lowest BCUT2D eigenvalue weighted by Crippen LogP contribution is -2.51. The predicted octanol–water partition coefficient (Wildman–Crippen LogP) is 1.63. The van der Waals surface area contributed by atoms with Gasteiger partial charge in [0.05, 0.1) is 12.7 Å². The van der Waals surface area contributed by atoms with Crippen LogP contribution in [0.2, 0.25) is 0 Å². The Kier molecular flexibility index (Phi) is 7.29. The third-order valence-corrected chi connectivity index (χ3v) is 3.82. The van der Waals surface area contributed by atoms with Crippen LogP contribution in [-0.4, -0.2) is 61.0 Å². The van der Waals surface area contributed by atoms with E-state index in [2.05, 4.69) is 38.0 Å². The molecule has 2 N–H and O–H groups in total. The molecule has 0 saturated carbocycles. The number of ether oxygens (including phenoxy) is 1. The first-order valence-electron chi connectivity index (χ1n) is 7.64. The zero-order valence-corrected chi connectivity index (χ0v) is 13.1. The van der Waals surface area contributed by atoms with Crippen molar-refractivity contribution in [3.8, 4) is 0 Å². The molecule has 1 heterocycles. The average Bonchev–Trinajstić information content (AvgIpc) is 2.37. The largest absolute Gasteiger partial charge is 0.394 e. The zero-order valence-electron chi connectivity index (χ0n) is 13.1. The topological polar surface area (TPSA) is 44.7 Å². The second-order valence-corrected chi connectivity index (χ2v) is 6.52. The maximum atomic E-state index is 9.56. The second-order valence-electron chi connectivity index (χ2n) is 6.52. The SMILES string of the molecule is CC(C)NC(C)(CO)CCN(C)CC1CCCCO1. The number of nitrogens with zero attached hydrogens (tertiary/aromatic N) is 1. The Morgan fingerprint density at radius 1 is 1.42 bits per heavy atom. The summed E-state index contributed by atoms with van der Waals surface area (Å²) in [6.07, 6.45) is 5.04. The maximum Gasteiger partial charge on any atom is 0.0701 e. The van der Waals surface area contributed by atoms with Gasteiger partial charge in [-0.3, -0.25) is 0 Å². The minimum absolute atomic E-state index is 0.180. The molecule has 19 heavy (non-hydrogen) atoms. The summed E-state index contributed by atoms with van der Waals surface area (Å²) in [5, 5.41) is 13.0. The van der Waals surface area contributed by atoms with Gasteiger partial charge in [-0.1, -0.05) is 13.8 Å². The molecule has 1 aliphatic rings. The summed E-state index contributed by atoms with van der Waals surface area (Å²) in [6.45, 7) is 9.42. The van der Waals surface area contributed by atoms with Crippen LogP contribution in [0.5, 0.6) is 0 Å². The highest BCUT2D eigenvalue weighted by Gasteiger charge is 2.24. The van der Waals surface area contributed by atoms with Crippen LogP contribution in [0.4, 0.5) is 0 Å². The second kappa shape index (κ2) is 8.20. The molecular formula is C15H32N2O2. The van der Waals surface area contributed by atoms with E-state index in [0.717, 1.165) is 26.1 Å². The summed E-state index contributed by atoms with van der Waals surface area (Å²) >= 11 is 0. The number of aliphatic hydroxyl groups is 1. The molecule has 0 aromatic carbocycles. The van der Waals surface area contributed by atoms with Crippen LogP contribution < -0.4 is 5.32 Å². The van der Waals surface area contributed by atoms with E-state index >= 15 is 0 Å². The lowest BCUT2D eigenvalue weighted by Gasteiger charge is -2.34. The van der Waals surface area contributed by atoms with Crippen LogP contribution >= 0.6 is 0 Å². The van der Waals surface area contributed by atoms with Crippen molar-refractivity contribution < 1.29 is 9.84 Å². The molecular weight excluding hydrogens is 240 g/mol. The van der Waals surface area contributed by atoms with E-state index in [1.54, 1.807) is 0 Å². The van der Waals surface area contributed by atoms with Crippen molar-refractivity contribution >= 4 is 0 Å². The molecule has 1 saturated heterocycles. The molecule has 0 bridgehead atoms. The van der Waals surface area contributed by atoms with Crippen molar-refractivity contribution in [2.75, 3.05) is 33.4 Å². The van der Waals surface area contributed by atoms with Crippen molar-refractivity contribution in [2.45, 2.75) is 64.1 Å². The van der Waals surface area contributed by atoms with Crippen molar-refractivity contribution in [2.24, 2.45) is 0 Å². The quantitative estimate of drug-likeness (QED) is 0.705. The van der Waals surface area contributed by atoms with E-state index in [1.165, 1.54) is 19.3 Å². The van der Waals surface area contributed by atoms with Crippen molar-refractivity contribution in [1.29, 1.82) is 0 Å². The van der Waals surface area contributed by atoms with Gasteiger partial charge in [-0.2, -0.15) is 0 Å². The molecule has 1 rings (SSSR count). The minimum atomic E-state index is -0.185. The van der Waals surface area contributed by atoms with Gasteiger partial charge in [-0.05, 0) is 46.2 Å². The normalized spacial score (nSPS) is 23.8. The lowest BCUT2D eigenvalue weighted by molar-refractivity contribution is -0.00309. The van der Waals surface area contributed by atoms with Crippen LogP contribution in [0.1, 0.15) is 46.5 Å². The third-order valence-electron chi connectivity index (χ3n) is 3.82. The molecule has 2 atom stereocenters. The minimum Gasteiger partial charge on any atom is -0.394 e. The van der Waals surface area contributed by atoms with E-state index in [-0.39, 0.29) is 12.1 Å². The fourth-order valence-corrected chi connectivity index (χ4v) is 2.72. The maximum absolute atomic E-state index is 9.56. The summed E-state index contributed by atoms with van der Waals surface area (Å²) in [4.78, 5) is 2.33. The highest BCUT2D eigenvalue weighted by molar-refractivity contribution is 4.85. The third kappa shape index (κ3) is 6.70. The number of hydrogen-bond donors (Lipinski definition) is 2. The van der Waals surface area contributed by atoms with Crippen LogP contribution in [0.25, 0.3) is 0 Å². The van der Waals surface area contributed by atoms with Gasteiger partial charge in [0.2, 0.25) is 0 Å². The molecule has 1 aliphatic heterocycles. The van der Waals surface area contributed by atoms with E-state index in [9.17, 15) is 5.11 Å². The fraction of sp³-hybridized carbons (Fsp3) is 1.00. The van der Waals surface area contributed by atoms with E-state index in [0.29, 0.717) is 12.1 Å². The van der Waals surface area contributed by atoms with E-state index in [4.69, 9.17) is 4.74 Å². The monoisotopic (exact) mass is 272 g/mol. The summed E-state index contributed by atoms with van der Waals surface area (Å²) < 4.78 is 5.76. The molecule has 2 unspecified atom stereocenters. The van der Waals surface area contributed by atoms with Crippen LogP contribution in [0.3, 0.4) is 0 Å². The molecule has 0 aliphatic carbocycles. The Hall–Kier alpha value is -0.160. The van der Waals surface area contributed by atoms with Gasteiger partial charge >= 0.3 is 0 Å². The Balaban J connectivity index is 2.28. The Morgan fingerprint density at radius 3 is 2.68 bits per heavy atom. The number of likely N-dealkylation sites (N-methyl/N-ethyl adjacent to an activating group) is 1. The molecule has 0 radical (unpaired) electrons. The Labute approximate surface area is 118 Å². The van der Waals surface area contributed by atoms with Gasteiger partial charge in [-0.25, -0.2) is 0 Å². The first-order chi connectivity index (χ1) is 8.95. The van der Waals surface area contributed by atoms with Gasteiger partial charge in [0.25, 0.3) is 0 Å². The number of hydrogen-bond acceptors (Lipinski definition) is 4. The summed E-state index contributed by atoms with van der Waals surface area (Å²) in [6, 6.07) is 0.393. The van der Waals surface area contributed by atoms with E-state index in [1.807, 2.05) is 0 Å². The smallest absolute Gasteiger partial charge is 0.0701 e.